The Labute approximate surface area is 127 Å². The van der Waals surface area contributed by atoms with E-state index in [-0.39, 0.29) is 12.4 Å². The van der Waals surface area contributed by atoms with Crippen molar-refractivity contribution in [3.8, 4) is 11.5 Å². The van der Waals surface area contributed by atoms with Gasteiger partial charge in [0.25, 0.3) is 0 Å². The van der Waals surface area contributed by atoms with Crippen LogP contribution in [0.1, 0.15) is 26.5 Å². The molecule has 0 saturated carbocycles. The second-order valence-corrected chi connectivity index (χ2v) is 4.46. The predicted molar refractivity (Wildman–Crippen MR) is 77.6 cm³/mol. The predicted octanol–water partition coefficient (Wildman–Crippen LogP) is 2.64. The zero-order chi connectivity index (χ0) is 16.1. The highest BCUT2D eigenvalue weighted by molar-refractivity contribution is 6.01. The molecule has 2 rings (SSSR count). The monoisotopic (exact) mass is 304 g/mol. The Morgan fingerprint density at radius 3 is 2.45 bits per heavy atom. The smallest absolute Gasteiger partial charge is 0.342 e. The third-order valence-corrected chi connectivity index (χ3v) is 3.12. The standard InChI is InChI=1S/C16H16O6/c1-10-12(6-7-21-10)16(18)22-9-14(17)13-5-4-11(19-2)8-15(13)20-3/h4-8H,9H2,1-3H3. The summed E-state index contributed by atoms with van der Waals surface area (Å²) in [4.78, 5) is 24.0. The first-order valence-corrected chi connectivity index (χ1v) is 6.53. The summed E-state index contributed by atoms with van der Waals surface area (Å²) < 4.78 is 20.2. The average Bonchev–Trinajstić information content (AvgIpc) is 2.97. The van der Waals surface area contributed by atoms with Gasteiger partial charge in [0.15, 0.2) is 6.61 Å². The number of aryl methyl sites for hydroxylation is 1. The van der Waals surface area contributed by atoms with Crippen LogP contribution in [0.2, 0.25) is 0 Å². The molecule has 0 N–H and O–H groups in total. The topological polar surface area (TPSA) is 75.0 Å². The number of ether oxygens (including phenoxy) is 3. The van der Waals surface area contributed by atoms with Gasteiger partial charge in [-0.25, -0.2) is 4.79 Å². The summed E-state index contributed by atoms with van der Waals surface area (Å²) in [6, 6.07) is 6.29. The minimum atomic E-state index is -0.605. The Kier molecular flexibility index (Phi) is 4.83. The highest BCUT2D eigenvalue weighted by Crippen LogP contribution is 2.25. The van der Waals surface area contributed by atoms with Crippen molar-refractivity contribution in [1.29, 1.82) is 0 Å². The van der Waals surface area contributed by atoms with Crippen LogP contribution in [-0.4, -0.2) is 32.6 Å². The molecule has 6 nitrogen and oxygen atoms in total. The van der Waals surface area contributed by atoms with Crippen molar-refractivity contribution in [1.82, 2.24) is 0 Å². The maximum Gasteiger partial charge on any atom is 0.342 e. The first kappa shape index (κ1) is 15.6. The lowest BCUT2D eigenvalue weighted by molar-refractivity contribution is 0.0472. The van der Waals surface area contributed by atoms with Crippen LogP contribution < -0.4 is 9.47 Å². The van der Waals surface area contributed by atoms with E-state index in [4.69, 9.17) is 18.6 Å². The summed E-state index contributed by atoms with van der Waals surface area (Å²) in [5, 5.41) is 0. The van der Waals surface area contributed by atoms with E-state index in [2.05, 4.69) is 0 Å². The highest BCUT2D eigenvalue weighted by atomic mass is 16.5. The van der Waals surface area contributed by atoms with Gasteiger partial charge >= 0.3 is 5.97 Å². The van der Waals surface area contributed by atoms with Gasteiger partial charge in [-0.15, -0.1) is 0 Å². The molecule has 0 radical (unpaired) electrons. The van der Waals surface area contributed by atoms with Crippen LogP contribution in [0.15, 0.2) is 34.9 Å². The molecule has 0 saturated heterocycles. The number of ketones is 1. The van der Waals surface area contributed by atoms with Gasteiger partial charge in [0, 0.05) is 6.07 Å². The number of Topliss-reactive ketones (excluding diaryl/α,β-unsaturated/α-hetero) is 1. The van der Waals surface area contributed by atoms with E-state index in [0.717, 1.165) is 0 Å². The van der Waals surface area contributed by atoms with Crippen molar-refractivity contribution in [2.24, 2.45) is 0 Å². The highest BCUT2D eigenvalue weighted by Gasteiger charge is 2.18. The number of hydrogen-bond acceptors (Lipinski definition) is 6. The molecular formula is C16H16O6. The molecule has 1 aromatic carbocycles. The second kappa shape index (κ2) is 6.80. The molecule has 0 bridgehead atoms. The fraction of sp³-hybridized carbons (Fsp3) is 0.250. The summed E-state index contributed by atoms with van der Waals surface area (Å²) in [6.07, 6.45) is 1.39. The number of carbonyl (C=O) groups is 2. The fourth-order valence-electron chi connectivity index (χ4n) is 1.91. The van der Waals surface area contributed by atoms with Gasteiger partial charge in [-0.3, -0.25) is 4.79 Å². The fourth-order valence-corrected chi connectivity index (χ4v) is 1.91. The summed E-state index contributed by atoms with van der Waals surface area (Å²) in [5.74, 6) is 0.403. The van der Waals surface area contributed by atoms with Gasteiger partial charge in [-0.05, 0) is 25.1 Å². The van der Waals surface area contributed by atoms with Crippen molar-refractivity contribution in [3.05, 3.63) is 47.4 Å². The van der Waals surface area contributed by atoms with E-state index in [1.54, 1.807) is 25.1 Å². The molecule has 0 aliphatic heterocycles. The number of rotatable bonds is 6. The molecule has 0 unspecified atom stereocenters. The Bertz CT molecular complexity index is 686. The molecule has 22 heavy (non-hydrogen) atoms. The third-order valence-electron chi connectivity index (χ3n) is 3.12. The van der Waals surface area contributed by atoms with Gasteiger partial charge in [0.2, 0.25) is 5.78 Å². The third kappa shape index (κ3) is 3.28. The Hall–Kier alpha value is -2.76. The zero-order valence-electron chi connectivity index (χ0n) is 12.5. The molecule has 2 aromatic rings. The van der Waals surface area contributed by atoms with Crippen LogP contribution in [0.3, 0.4) is 0 Å². The lowest BCUT2D eigenvalue weighted by atomic mass is 10.1. The minimum absolute atomic E-state index is 0.300. The normalized spacial score (nSPS) is 10.1. The molecule has 6 heteroatoms. The SMILES string of the molecule is COc1ccc(C(=O)COC(=O)c2ccoc2C)c(OC)c1. The van der Waals surface area contributed by atoms with Gasteiger partial charge in [-0.2, -0.15) is 0 Å². The molecule has 116 valence electrons. The van der Waals surface area contributed by atoms with Crippen molar-refractivity contribution in [2.75, 3.05) is 20.8 Å². The second-order valence-electron chi connectivity index (χ2n) is 4.46. The van der Waals surface area contributed by atoms with E-state index in [9.17, 15) is 9.59 Å². The molecule has 0 spiro atoms. The first-order valence-electron chi connectivity index (χ1n) is 6.53. The van der Waals surface area contributed by atoms with E-state index >= 15 is 0 Å². The summed E-state index contributed by atoms with van der Waals surface area (Å²) in [5.41, 5.74) is 0.620. The Morgan fingerprint density at radius 1 is 1.09 bits per heavy atom. The van der Waals surface area contributed by atoms with E-state index < -0.39 is 5.97 Å². The van der Waals surface area contributed by atoms with Gasteiger partial charge in [-0.1, -0.05) is 0 Å². The van der Waals surface area contributed by atoms with Crippen molar-refractivity contribution < 1.29 is 28.2 Å². The molecule has 1 aromatic heterocycles. The van der Waals surface area contributed by atoms with Crippen molar-refractivity contribution in [2.45, 2.75) is 6.92 Å². The number of furan rings is 1. The molecular weight excluding hydrogens is 288 g/mol. The van der Waals surface area contributed by atoms with Crippen molar-refractivity contribution >= 4 is 11.8 Å². The maximum absolute atomic E-state index is 12.2. The Balaban J connectivity index is 2.06. The van der Waals surface area contributed by atoms with Crippen LogP contribution in [0.5, 0.6) is 11.5 Å². The summed E-state index contributed by atoms with van der Waals surface area (Å²) in [7, 11) is 2.97. The van der Waals surface area contributed by atoms with Crippen molar-refractivity contribution in [3.63, 3.8) is 0 Å². The van der Waals surface area contributed by atoms with E-state index in [0.29, 0.717) is 28.4 Å². The Morgan fingerprint density at radius 2 is 1.86 bits per heavy atom. The first-order chi connectivity index (χ1) is 10.6. The molecule has 0 aliphatic rings. The number of esters is 1. The molecule has 1 heterocycles. The van der Waals surface area contributed by atoms with Crippen LogP contribution >= 0.6 is 0 Å². The quantitative estimate of drug-likeness (QED) is 0.603. The van der Waals surface area contributed by atoms with Crippen LogP contribution in [0.25, 0.3) is 0 Å². The minimum Gasteiger partial charge on any atom is -0.497 e. The van der Waals surface area contributed by atoms with E-state index in [1.165, 1.54) is 26.5 Å². The number of benzene rings is 1. The largest absolute Gasteiger partial charge is 0.497 e. The number of carbonyl (C=O) groups excluding carboxylic acids is 2. The van der Waals surface area contributed by atoms with Gasteiger partial charge in [0.1, 0.15) is 22.8 Å². The maximum atomic E-state index is 12.2. The van der Waals surface area contributed by atoms with E-state index in [1.807, 2.05) is 0 Å². The molecule has 0 amide bonds. The number of hydrogen-bond donors (Lipinski definition) is 0. The summed E-state index contributed by atoms with van der Waals surface area (Å²) >= 11 is 0. The van der Waals surface area contributed by atoms with Crippen LogP contribution in [0.4, 0.5) is 0 Å². The zero-order valence-corrected chi connectivity index (χ0v) is 12.5. The van der Waals surface area contributed by atoms with Gasteiger partial charge < -0.3 is 18.6 Å². The number of methoxy groups -OCH3 is 2. The van der Waals surface area contributed by atoms with Crippen LogP contribution in [0, 0.1) is 6.92 Å². The molecule has 0 atom stereocenters. The lowest BCUT2D eigenvalue weighted by Gasteiger charge is -2.09. The van der Waals surface area contributed by atoms with Gasteiger partial charge in [0.05, 0.1) is 26.0 Å². The molecule has 0 fully saturated rings. The molecule has 0 aliphatic carbocycles. The lowest BCUT2D eigenvalue weighted by Crippen LogP contribution is -2.15. The average molecular weight is 304 g/mol. The van der Waals surface area contributed by atoms with Crippen LogP contribution in [-0.2, 0) is 4.74 Å². The summed E-state index contributed by atoms with van der Waals surface area (Å²) in [6.45, 7) is 1.26.